The highest BCUT2D eigenvalue weighted by molar-refractivity contribution is 7.94. The van der Waals surface area contributed by atoms with Crippen LogP contribution in [0.15, 0.2) is 16.9 Å². The zero-order chi connectivity index (χ0) is 19.3. The van der Waals surface area contributed by atoms with Crippen molar-refractivity contribution in [3.05, 3.63) is 27.7 Å². The van der Waals surface area contributed by atoms with Gasteiger partial charge < -0.3 is 15.5 Å². The third-order valence-corrected chi connectivity index (χ3v) is 4.79. The lowest BCUT2D eigenvalue weighted by atomic mass is 10.1. The maximum atomic E-state index is 12.3. The van der Waals surface area contributed by atoms with Gasteiger partial charge in [0.05, 0.1) is 12.3 Å². The molecule has 2 rings (SSSR count). The Hall–Kier alpha value is -2.40. The van der Waals surface area contributed by atoms with Crippen molar-refractivity contribution in [1.82, 2.24) is 20.0 Å². The van der Waals surface area contributed by atoms with Gasteiger partial charge in [-0.2, -0.15) is 0 Å². The van der Waals surface area contributed by atoms with Crippen LogP contribution >= 0.6 is 11.6 Å². The fourth-order valence-corrected chi connectivity index (χ4v) is 3.14. The van der Waals surface area contributed by atoms with Gasteiger partial charge in [-0.3, -0.25) is 5.32 Å². The molecular weight excluding hydrogens is 384 g/mol. The molecule has 0 aliphatic carbocycles. The molecule has 0 spiro atoms. The molecule has 0 atom stereocenters. The highest BCUT2D eigenvalue weighted by Crippen LogP contribution is 2.18. The normalized spacial score (nSPS) is 16.3. The highest BCUT2D eigenvalue weighted by atomic mass is 35.5. The van der Waals surface area contributed by atoms with Gasteiger partial charge in [0, 0.05) is 12.8 Å². The molecular formula is C14H19ClN6O4S. The van der Waals surface area contributed by atoms with Crippen molar-refractivity contribution in [1.29, 1.82) is 5.41 Å². The number of urea groups is 1. The van der Waals surface area contributed by atoms with Crippen LogP contribution in [-0.2, 0) is 14.8 Å². The minimum Gasteiger partial charge on any atom is -0.478 e. The monoisotopic (exact) mass is 402 g/mol. The lowest BCUT2D eigenvalue weighted by molar-refractivity contribution is 0.157. The first-order valence-electron chi connectivity index (χ1n) is 7.72. The summed E-state index contributed by atoms with van der Waals surface area (Å²) in [5.74, 6) is -0.177. The van der Waals surface area contributed by atoms with E-state index in [2.05, 4.69) is 20.6 Å². The molecule has 1 aromatic rings. The van der Waals surface area contributed by atoms with Crippen molar-refractivity contribution in [2.24, 2.45) is 0 Å². The summed E-state index contributed by atoms with van der Waals surface area (Å²) < 4.78 is 31.7. The van der Waals surface area contributed by atoms with Crippen LogP contribution in [0.5, 0.6) is 0 Å². The van der Waals surface area contributed by atoms with Gasteiger partial charge in [0.1, 0.15) is 5.15 Å². The third kappa shape index (κ3) is 5.05. The Morgan fingerprint density at radius 1 is 1.46 bits per heavy atom. The number of carbonyl (C=O) groups is 1. The summed E-state index contributed by atoms with van der Waals surface area (Å²) in [7, 11) is -4.33. The predicted molar refractivity (Wildman–Crippen MR) is 96.6 cm³/mol. The molecule has 0 saturated carbocycles. The summed E-state index contributed by atoms with van der Waals surface area (Å²) in [6.07, 6.45) is 1.29. The van der Waals surface area contributed by atoms with Gasteiger partial charge in [-0.25, -0.2) is 27.9 Å². The molecule has 0 bridgehead atoms. The molecule has 1 saturated heterocycles. The number of allylic oxidation sites excluding steroid dienone is 1. The van der Waals surface area contributed by atoms with Crippen LogP contribution in [0.25, 0.3) is 0 Å². The fraction of sp³-hybridized carbons (Fsp3) is 0.429. The van der Waals surface area contributed by atoms with Gasteiger partial charge in [0.25, 0.3) is 10.0 Å². The molecule has 0 radical (unpaired) electrons. The van der Waals surface area contributed by atoms with Gasteiger partial charge >= 0.3 is 6.03 Å². The maximum absolute atomic E-state index is 12.3. The van der Waals surface area contributed by atoms with E-state index >= 15 is 0 Å². The minimum absolute atomic E-state index is 0.0339. The number of nitrogens with one attached hydrogen (secondary N) is 4. The van der Waals surface area contributed by atoms with Gasteiger partial charge in [-0.1, -0.05) is 25.4 Å². The van der Waals surface area contributed by atoms with E-state index in [0.717, 1.165) is 0 Å². The molecule has 1 fully saturated rings. The summed E-state index contributed by atoms with van der Waals surface area (Å²) in [4.78, 5) is 19.5. The zero-order valence-corrected chi connectivity index (χ0v) is 15.7. The SMILES string of the molecule is CC(C)c1cc(Cl)nc(NC(=O)NS(=O)(=O)/C(C=N)=C2/NCCCO2)n1. The number of hydrogen-bond donors (Lipinski definition) is 4. The third-order valence-electron chi connectivity index (χ3n) is 3.26. The summed E-state index contributed by atoms with van der Waals surface area (Å²) in [5, 5.41) is 12.4. The number of anilines is 1. The number of aromatic nitrogens is 2. The molecule has 0 unspecified atom stereocenters. The lowest BCUT2D eigenvalue weighted by Crippen LogP contribution is -2.38. The molecule has 0 aromatic carbocycles. The van der Waals surface area contributed by atoms with Crippen LogP contribution in [0.4, 0.5) is 10.7 Å². The van der Waals surface area contributed by atoms with E-state index in [4.69, 9.17) is 21.7 Å². The van der Waals surface area contributed by atoms with E-state index < -0.39 is 21.0 Å². The smallest absolute Gasteiger partial charge is 0.335 e. The van der Waals surface area contributed by atoms with Crippen molar-refractivity contribution in [2.75, 3.05) is 18.5 Å². The number of rotatable bonds is 5. The van der Waals surface area contributed by atoms with Crippen LogP contribution in [0.3, 0.4) is 0 Å². The second-order valence-corrected chi connectivity index (χ2v) is 7.66. The van der Waals surface area contributed by atoms with Crippen LogP contribution in [0.2, 0.25) is 5.15 Å². The van der Waals surface area contributed by atoms with Crippen LogP contribution in [0.1, 0.15) is 31.9 Å². The van der Waals surface area contributed by atoms with Crippen LogP contribution < -0.4 is 15.4 Å². The number of sulfonamides is 1. The molecule has 4 N–H and O–H groups in total. The molecule has 26 heavy (non-hydrogen) atoms. The molecule has 142 valence electrons. The largest absolute Gasteiger partial charge is 0.478 e. The Kier molecular flexibility index (Phi) is 6.37. The summed E-state index contributed by atoms with van der Waals surface area (Å²) in [6.45, 7) is 4.58. The first-order chi connectivity index (χ1) is 12.2. The average Bonchev–Trinajstić information content (AvgIpc) is 2.54. The Bertz CT molecular complexity index is 832. The second-order valence-electron chi connectivity index (χ2n) is 5.62. The molecule has 1 aromatic heterocycles. The lowest BCUT2D eigenvalue weighted by Gasteiger charge is -2.20. The van der Waals surface area contributed by atoms with Gasteiger partial charge in [-0.15, -0.1) is 0 Å². The number of carbonyl (C=O) groups excluding carboxylic acids is 1. The van der Waals surface area contributed by atoms with E-state index in [-0.39, 0.29) is 22.9 Å². The number of ether oxygens (including phenoxy) is 1. The molecule has 10 nitrogen and oxygen atoms in total. The van der Waals surface area contributed by atoms with E-state index in [0.29, 0.717) is 31.5 Å². The highest BCUT2D eigenvalue weighted by Gasteiger charge is 2.26. The number of nitrogens with zero attached hydrogens (tertiary/aromatic N) is 2. The second kappa shape index (κ2) is 8.32. The molecule has 1 aliphatic heterocycles. The van der Waals surface area contributed by atoms with Crippen molar-refractivity contribution in [3.8, 4) is 0 Å². The van der Waals surface area contributed by atoms with E-state index in [1.165, 1.54) is 0 Å². The number of amides is 2. The Morgan fingerprint density at radius 3 is 2.77 bits per heavy atom. The molecule has 12 heteroatoms. The molecule has 2 amide bonds. The van der Waals surface area contributed by atoms with Crippen molar-refractivity contribution in [3.63, 3.8) is 0 Å². The van der Waals surface area contributed by atoms with Crippen LogP contribution in [0, 0.1) is 5.41 Å². The first-order valence-corrected chi connectivity index (χ1v) is 9.58. The molecule has 2 heterocycles. The van der Waals surface area contributed by atoms with Gasteiger partial charge in [0.15, 0.2) is 4.91 Å². The first kappa shape index (κ1) is 19.9. The van der Waals surface area contributed by atoms with Crippen molar-refractivity contribution >= 4 is 39.8 Å². The average molecular weight is 403 g/mol. The quantitative estimate of drug-likeness (QED) is 0.431. The van der Waals surface area contributed by atoms with Crippen molar-refractivity contribution in [2.45, 2.75) is 26.2 Å². The Labute approximate surface area is 155 Å². The van der Waals surface area contributed by atoms with E-state index in [1.807, 2.05) is 13.8 Å². The molecule has 1 aliphatic rings. The van der Waals surface area contributed by atoms with Crippen molar-refractivity contribution < 1.29 is 17.9 Å². The number of halogens is 1. The fourth-order valence-electron chi connectivity index (χ4n) is 2.01. The van der Waals surface area contributed by atoms with Gasteiger partial charge in [0.2, 0.25) is 11.8 Å². The standard InChI is InChI=1S/C14H19ClN6O4S/c1-8(2)9-6-11(15)19-13(18-9)20-14(22)21-26(23,24)10(7-16)12-17-4-3-5-25-12/h6-8,16-17H,3-5H2,1-2H3,(H2,18,19,20,21,22)/b12-10-,16-7?. The Balaban J connectivity index is 2.17. The minimum atomic E-state index is -4.33. The maximum Gasteiger partial charge on any atom is 0.335 e. The zero-order valence-electron chi connectivity index (χ0n) is 14.2. The van der Waals surface area contributed by atoms with Gasteiger partial charge in [-0.05, 0) is 18.4 Å². The summed E-state index contributed by atoms with van der Waals surface area (Å²) in [5.41, 5.74) is 0.588. The summed E-state index contributed by atoms with van der Waals surface area (Å²) in [6, 6.07) is 0.466. The summed E-state index contributed by atoms with van der Waals surface area (Å²) >= 11 is 5.88. The van der Waals surface area contributed by atoms with E-state index in [9.17, 15) is 13.2 Å². The predicted octanol–water partition coefficient (Wildman–Crippen LogP) is 1.53. The topological polar surface area (TPSA) is 146 Å². The van der Waals surface area contributed by atoms with E-state index in [1.54, 1.807) is 10.8 Å². The number of hydrogen-bond acceptors (Lipinski definition) is 8. The Morgan fingerprint density at radius 2 is 2.19 bits per heavy atom. The van der Waals surface area contributed by atoms with Crippen LogP contribution in [-0.4, -0.2) is 43.8 Å².